The third kappa shape index (κ3) is 2.87. The van der Waals surface area contributed by atoms with Crippen LogP contribution in [-0.2, 0) is 16.9 Å². The Morgan fingerprint density at radius 2 is 1.90 bits per heavy atom. The Morgan fingerprint density at radius 3 is 2.59 bits per heavy atom. The molecule has 2 heterocycles. The molecule has 0 aromatic heterocycles. The number of aliphatic hydroxyl groups excluding tert-OH is 1. The molecular formula is C21H23NO7. The standard InChI is InChI=1S/C21H23NO7/c1-25-16-7-5-14-18(19(16)26-2)20(24)22(21(14,11-23)27-3)9-8-13-4-6-15-17(10-13)29-12-28-15/h4-7,10,23H,8-9,11-12H2,1-3H3. The van der Waals surface area contributed by atoms with Gasteiger partial charge in [0.15, 0.2) is 28.7 Å². The molecule has 0 aliphatic carbocycles. The minimum absolute atomic E-state index is 0.206. The second-order valence-electron chi connectivity index (χ2n) is 6.76. The monoisotopic (exact) mass is 401 g/mol. The van der Waals surface area contributed by atoms with Crippen molar-refractivity contribution in [3.8, 4) is 23.0 Å². The summed E-state index contributed by atoms with van der Waals surface area (Å²) in [7, 11) is 4.47. The van der Waals surface area contributed by atoms with Crippen molar-refractivity contribution >= 4 is 5.91 Å². The first kappa shape index (κ1) is 19.4. The van der Waals surface area contributed by atoms with Crippen molar-refractivity contribution in [3.63, 3.8) is 0 Å². The third-order valence-electron chi connectivity index (χ3n) is 5.47. The number of carbonyl (C=O) groups excluding carboxylic acids is 1. The van der Waals surface area contributed by atoms with Crippen LogP contribution in [0.1, 0.15) is 21.5 Å². The molecule has 1 amide bonds. The Hall–Kier alpha value is -2.97. The van der Waals surface area contributed by atoms with E-state index in [0.29, 0.717) is 47.1 Å². The maximum Gasteiger partial charge on any atom is 0.260 e. The van der Waals surface area contributed by atoms with Crippen molar-refractivity contribution in [1.29, 1.82) is 0 Å². The second-order valence-corrected chi connectivity index (χ2v) is 6.76. The van der Waals surface area contributed by atoms with Crippen LogP contribution in [0.5, 0.6) is 23.0 Å². The Balaban J connectivity index is 1.68. The summed E-state index contributed by atoms with van der Waals surface area (Å²) in [4.78, 5) is 14.9. The molecule has 154 valence electrons. The highest BCUT2D eigenvalue weighted by Crippen LogP contribution is 2.46. The van der Waals surface area contributed by atoms with Crippen molar-refractivity contribution in [2.75, 3.05) is 41.3 Å². The third-order valence-corrected chi connectivity index (χ3v) is 5.47. The molecule has 0 radical (unpaired) electrons. The molecule has 1 unspecified atom stereocenters. The number of rotatable bonds is 7. The number of nitrogens with zero attached hydrogens (tertiary/aromatic N) is 1. The lowest BCUT2D eigenvalue weighted by molar-refractivity contribution is -0.143. The summed E-state index contributed by atoms with van der Waals surface area (Å²) >= 11 is 0. The summed E-state index contributed by atoms with van der Waals surface area (Å²) < 4.78 is 27.3. The van der Waals surface area contributed by atoms with E-state index < -0.39 is 12.3 Å². The fraction of sp³-hybridized carbons (Fsp3) is 0.381. The van der Waals surface area contributed by atoms with Gasteiger partial charge in [-0.2, -0.15) is 0 Å². The Morgan fingerprint density at radius 1 is 1.10 bits per heavy atom. The highest BCUT2D eigenvalue weighted by molar-refractivity contribution is 6.03. The molecule has 29 heavy (non-hydrogen) atoms. The van der Waals surface area contributed by atoms with Crippen molar-refractivity contribution in [2.24, 2.45) is 0 Å². The molecule has 0 spiro atoms. The van der Waals surface area contributed by atoms with Crippen LogP contribution in [0.4, 0.5) is 0 Å². The summed E-state index contributed by atoms with van der Waals surface area (Å²) in [5.74, 6) is 1.88. The zero-order valence-electron chi connectivity index (χ0n) is 16.6. The fourth-order valence-corrected chi connectivity index (χ4v) is 3.98. The van der Waals surface area contributed by atoms with E-state index in [-0.39, 0.29) is 12.7 Å². The van der Waals surface area contributed by atoms with E-state index in [1.165, 1.54) is 26.2 Å². The van der Waals surface area contributed by atoms with Crippen LogP contribution in [0.3, 0.4) is 0 Å². The molecule has 8 nitrogen and oxygen atoms in total. The number of hydrogen-bond donors (Lipinski definition) is 1. The molecule has 0 saturated heterocycles. The van der Waals surface area contributed by atoms with Gasteiger partial charge in [0.1, 0.15) is 0 Å². The van der Waals surface area contributed by atoms with Crippen LogP contribution >= 0.6 is 0 Å². The number of ether oxygens (including phenoxy) is 5. The Kier molecular flexibility index (Phi) is 4.97. The normalized spacial score (nSPS) is 19.4. The lowest BCUT2D eigenvalue weighted by Gasteiger charge is -2.36. The van der Waals surface area contributed by atoms with E-state index in [2.05, 4.69) is 0 Å². The smallest absolute Gasteiger partial charge is 0.260 e. The Bertz CT molecular complexity index is 939. The summed E-state index contributed by atoms with van der Waals surface area (Å²) in [6.45, 7) is 0.142. The maximum absolute atomic E-state index is 13.3. The van der Waals surface area contributed by atoms with Crippen molar-refractivity contribution < 1.29 is 33.6 Å². The number of aliphatic hydroxyl groups is 1. The molecule has 2 aromatic carbocycles. The van der Waals surface area contributed by atoms with Crippen molar-refractivity contribution in [3.05, 3.63) is 47.0 Å². The quantitative estimate of drug-likeness (QED) is 0.759. The van der Waals surface area contributed by atoms with E-state index in [9.17, 15) is 9.90 Å². The first-order chi connectivity index (χ1) is 14.1. The van der Waals surface area contributed by atoms with Crippen molar-refractivity contribution in [2.45, 2.75) is 12.1 Å². The van der Waals surface area contributed by atoms with Crippen LogP contribution in [0.25, 0.3) is 0 Å². The number of hydrogen-bond acceptors (Lipinski definition) is 7. The van der Waals surface area contributed by atoms with Gasteiger partial charge in [0.2, 0.25) is 6.79 Å². The molecular weight excluding hydrogens is 378 g/mol. The van der Waals surface area contributed by atoms with Crippen LogP contribution in [0, 0.1) is 0 Å². The predicted octanol–water partition coefficient (Wildman–Crippen LogP) is 1.92. The van der Waals surface area contributed by atoms with Gasteiger partial charge in [0, 0.05) is 19.2 Å². The maximum atomic E-state index is 13.3. The van der Waals surface area contributed by atoms with Gasteiger partial charge < -0.3 is 33.7 Å². The molecule has 1 N–H and O–H groups in total. The number of carbonyl (C=O) groups is 1. The van der Waals surface area contributed by atoms with Gasteiger partial charge in [-0.25, -0.2) is 0 Å². The average molecular weight is 401 g/mol. The highest BCUT2D eigenvalue weighted by atomic mass is 16.7. The first-order valence-electron chi connectivity index (χ1n) is 9.21. The molecule has 0 bridgehead atoms. The fourth-order valence-electron chi connectivity index (χ4n) is 3.98. The topological polar surface area (TPSA) is 86.7 Å². The number of amides is 1. The molecule has 0 fully saturated rings. The van der Waals surface area contributed by atoms with Gasteiger partial charge in [0.25, 0.3) is 5.91 Å². The van der Waals surface area contributed by atoms with E-state index in [1.54, 1.807) is 12.1 Å². The van der Waals surface area contributed by atoms with Crippen LogP contribution in [0.2, 0.25) is 0 Å². The first-order valence-corrected chi connectivity index (χ1v) is 9.21. The zero-order valence-corrected chi connectivity index (χ0v) is 16.6. The number of methoxy groups -OCH3 is 3. The highest BCUT2D eigenvalue weighted by Gasteiger charge is 2.51. The minimum atomic E-state index is -1.29. The van der Waals surface area contributed by atoms with Gasteiger partial charge in [-0.15, -0.1) is 0 Å². The van der Waals surface area contributed by atoms with Gasteiger partial charge in [-0.1, -0.05) is 6.07 Å². The molecule has 4 rings (SSSR count). The minimum Gasteiger partial charge on any atom is -0.493 e. The predicted molar refractivity (Wildman–Crippen MR) is 103 cm³/mol. The zero-order chi connectivity index (χ0) is 20.6. The van der Waals surface area contributed by atoms with Crippen LogP contribution < -0.4 is 18.9 Å². The average Bonchev–Trinajstić information content (AvgIpc) is 3.32. The van der Waals surface area contributed by atoms with E-state index in [0.717, 1.165) is 5.56 Å². The summed E-state index contributed by atoms with van der Waals surface area (Å²) in [6, 6.07) is 9.11. The number of benzene rings is 2. The van der Waals surface area contributed by atoms with Gasteiger partial charge in [0.05, 0.1) is 26.4 Å². The summed E-state index contributed by atoms with van der Waals surface area (Å²) in [6.07, 6.45) is 0.543. The van der Waals surface area contributed by atoms with Gasteiger partial charge >= 0.3 is 0 Å². The van der Waals surface area contributed by atoms with Gasteiger partial charge in [-0.05, 0) is 36.2 Å². The summed E-state index contributed by atoms with van der Waals surface area (Å²) in [5, 5.41) is 10.2. The molecule has 2 aliphatic heterocycles. The molecule has 2 aliphatic rings. The van der Waals surface area contributed by atoms with Crippen LogP contribution in [0.15, 0.2) is 30.3 Å². The molecule has 1 atom stereocenters. The van der Waals surface area contributed by atoms with Crippen LogP contribution in [-0.4, -0.2) is 57.2 Å². The SMILES string of the molecule is COc1ccc2c(c1OC)C(=O)N(CCc1ccc3c(c1)OCO3)C2(CO)OC. The lowest BCUT2D eigenvalue weighted by Crippen LogP contribution is -2.49. The van der Waals surface area contributed by atoms with Gasteiger partial charge in [-0.3, -0.25) is 4.79 Å². The number of fused-ring (bicyclic) bond motifs is 2. The molecule has 8 heteroatoms. The Labute approximate surface area is 168 Å². The largest absolute Gasteiger partial charge is 0.493 e. The van der Waals surface area contributed by atoms with Crippen molar-refractivity contribution in [1.82, 2.24) is 4.90 Å². The summed E-state index contributed by atoms with van der Waals surface area (Å²) in [5.41, 5.74) is 0.581. The van der Waals surface area contributed by atoms with E-state index >= 15 is 0 Å². The molecule has 0 saturated carbocycles. The molecule has 2 aromatic rings. The lowest BCUT2D eigenvalue weighted by atomic mass is 10.00. The second kappa shape index (κ2) is 7.46. The van der Waals surface area contributed by atoms with E-state index in [4.69, 9.17) is 23.7 Å². The van der Waals surface area contributed by atoms with E-state index in [1.807, 2.05) is 18.2 Å².